The van der Waals surface area contributed by atoms with Crippen LogP contribution in [0.3, 0.4) is 0 Å². The molecule has 72 valence electrons. The Labute approximate surface area is 87.8 Å². The summed E-state index contributed by atoms with van der Waals surface area (Å²) in [6.45, 7) is 1.04. The van der Waals surface area contributed by atoms with Crippen molar-refractivity contribution in [2.75, 3.05) is 0 Å². The highest BCUT2D eigenvalue weighted by Crippen LogP contribution is 2.50. The van der Waals surface area contributed by atoms with Crippen LogP contribution in [0.2, 0.25) is 0 Å². The van der Waals surface area contributed by atoms with Gasteiger partial charge in [-0.25, -0.2) is 0 Å². The maximum Gasteiger partial charge on any atom is 0.184 e. The normalized spacial score (nSPS) is 21.4. The van der Waals surface area contributed by atoms with E-state index in [1.807, 2.05) is 0 Å². The number of aromatic nitrogens is 2. The molecule has 2 heterocycles. The average Bonchev–Trinajstić information content (AvgIpc) is 2.59. The van der Waals surface area contributed by atoms with E-state index in [2.05, 4.69) is 38.2 Å². The van der Waals surface area contributed by atoms with E-state index in [0.717, 1.165) is 12.4 Å². The molecule has 0 atom stereocenters. The van der Waals surface area contributed by atoms with E-state index >= 15 is 0 Å². The number of nitrogens with zero attached hydrogens (tertiary/aromatic N) is 3. The van der Waals surface area contributed by atoms with E-state index in [1.165, 1.54) is 31.4 Å². The zero-order chi connectivity index (χ0) is 9.60. The first-order valence-corrected chi connectivity index (χ1v) is 5.41. The molecule has 1 fully saturated rings. The van der Waals surface area contributed by atoms with Gasteiger partial charge in [0.25, 0.3) is 0 Å². The van der Waals surface area contributed by atoms with E-state index < -0.39 is 0 Å². The molecule has 1 aromatic rings. The van der Waals surface area contributed by atoms with Gasteiger partial charge in [0.1, 0.15) is 0 Å². The van der Waals surface area contributed by atoms with Crippen molar-refractivity contribution in [3.63, 3.8) is 0 Å². The highest BCUT2D eigenvalue weighted by molar-refractivity contribution is 7.78. The van der Waals surface area contributed by atoms with Gasteiger partial charge in [-0.15, -0.1) is 0 Å². The van der Waals surface area contributed by atoms with Crippen LogP contribution >= 0.6 is 12.2 Å². The fourth-order valence-corrected chi connectivity index (χ4v) is 2.75. The summed E-state index contributed by atoms with van der Waals surface area (Å²) in [5.74, 6) is 0.723. The van der Waals surface area contributed by atoms with Crippen LogP contribution in [-0.4, -0.2) is 14.9 Å². The molecular formula is C10H11N3S. The van der Waals surface area contributed by atoms with Crippen molar-refractivity contribution in [2.24, 2.45) is 4.99 Å². The van der Waals surface area contributed by atoms with Crippen molar-refractivity contribution in [3.05, 3.63) is 11.8 Å². The van der Waals surface area contributed by atoms with Crippen molar-refractivity contribution in [1.82, 2.24) is 9.78 Å². The Hall–Kier alpha value is -0.990. The number of isothiocyanates is 1. The number of thiocarbonyl (C=S) groups is 1. The number of hydrogen-bond donors (Lipinski definition) is 0. The topological polar surface area (TPSA) is 30.2 Å². The van der Waals surface area contributed by atoms with E-state index in [9.17, 15) is 0 Å². The summed E-state index contributed by atoms with van der Waals surface area (Å²) >= 11 is 4.57. The average molecular weight is 205 g/mol. The van der Waals surface area contributed by atoms with Gasteiger partial charge in [-0.3, -0.25) is 4.68 Å². The van der Waals surface area contributed by atoms with Gasteiger partial charge >= 0.3 is 0 Å². The van der Waals surface area contributed by atoms with Gasteiger partial charge in [-0.05, 0) is 31.5 Å². The lowest BCUT2D eigenvalue weighted by molar-refractivity contribution is 0.244. The Balaban J connectivity index is 2.05. The molecule has 0 bridgehead atoms. The summed E-state index contributed by atoms with van der Waals surface area (Å²) in [4.78, 5) is 3.93. The van der Waals surface area contributed by atoms with Crippen LogP contribution in [0.25, 0.3) is 0 Å². The minimum atomic E-state index is 0.447. The number of aryl methyl sites for hydroxylation is 1. The second kappa shape index (κ2) is 2.75. The standard InChI is InChI=1S/C10H11N3S/c14-7-11-9-6-8-10(2-1-3-10)4-5-13(8)12-9/h6H,1-5H2. The predicted octanol–water partition coefficient (Wildman–Crippen LogP) is 2.44. The molecule has 14 heavy (non-hydrogen) atoms. The highest BCUT2D eigenvalue weighted by Gasteiger charge is 2.44. The maximum absolute atomic E-state index is 4.57. The Kier molecular flexibility index (Phi) is 1.64. The number of hydrogen-bond acceptors (Lipinski definition) is 3. The molecule has 1 aliphatic carbocycles. The van der Waals surface area contributed by atoms with Crippen LogP contribution in [0, 0.1) is 0 Å². The molecule has 3 rings (SSSR count). The molecule has 3 nitrogen and oxygen atoms in total. The Morgan fingerprint density at radius 3 is 3.00 bits per heavy atom. The van der Waals surface area contributed by atoms with E-state index in [1.54, 1.807) is 0 Å². The first kappa shape index (κ1) is 8.33. The molecule has 0 amide bonds. The van der Waals surface area contributed by atoms with Gasteiger partial charge < -0.3 is 0 Å². The fraction of sp³-hybridized carbons (Fsp3) is 0.600. The Morgan fingerprint density at radius 1 is 1.50 bits per heavy atom. The first-order chi connectivity index (χ1) is 6.84. The predicted molar refractivity (Wildman–Crippen MR) is 57.1 cm³/mol. The van der Waals surface area contributed by atoms with Gasteiger partial charge in [-0.1, -0.05) is 6.42 Å². The summed E-state index contributed by atoms with van der Waals surface area (Å²) in [5, 5.41) is 6.75. The summed E-state index contributed by atoms with van der Waals surface area (Å²) in [5.41, 5.74) is 1.81. The van der Waals surface area contributed by atoms with Crippen LogP contribution in [-0.2, 0) is 12.0 Å². The monoisotopic (exact) mass is 205 g/mol. The molecule has 0 radical (unpaired) electrons. The lowest BCUT2D eigenvalue weighted by Crippen LogP contribution is -2.31. The van der Waals surface area contributed by atoms with Crippen molar-refractivity contribution in [3.8, 4) is 0 Å². The highest BCUT2D eigenvalue weighted by atomic mass is 32.1. The number of fused-ring (bicyclic) bond motifs is 2. The molecule has 1 aliphatic heterocycles. The van der Waals surface area contributed by atoms with Crippen molar-refractivity contribution >= 4 is 23.2 Å². The van der Waals surface area contributed by atoms with Crippen LogP contribution in [0.5, 0.6) is 0 Å². The van der Waals surface area contributed by atoms with Gasteiger partial charge in [-0.2, -0.15) is 10.1 Å². The Morgan fingerprint density at radius 2 is 2.36 bits per heavy atom. The third kappa shape index (κ3) is 0.954. The largest absolute Gasteiger partial charge is 0.267 e. The van der Waals surface area contributed by atoms with Crippen molar-refractivity contribution in [2.45, 2.75) is 37.6 Å². The molecule has 1 spiro atoms. The van der Waals surface area contributed by atoms with Crippen LogP contribution in [0.4, 0.5) is 5.82 Å². The minimum Gasteiger partial charge on any atom is -0.267 e. The molecule has 0 aromatic carbocycles. The molecule has 0 N–H and O–H groups in total. The molecule has 2 aliphatic rings. The third-order valence-electron chi connectivity index (χ3n) is 3.58. The second-order valence-corrected chi connectivity index (χ2v) is 4.38. The smallest absolute Gasteiger partial charge is 0.184 e. The van der Waals surface area contributed by atoms with Crippen molar-refractivity contribution in [1.29, 1.82) is 0 Å². The zero-order valence-electron chi connectivity index (χ0n) is 7.86. The molecule has 1 saturated carbocycles. The summed E-state index contributed by atoms with van der Waals surface area (Å²) in [6, 6.07) is 2.07. The van der Waals surface area contributed by atoms with Crippen LogP contribution in [0.15, 0.2) is 11.1 Å². The third-order valence-corrected chi connectivity index (χ3v) is 3.67. The summed E-state index contributed by atoms with van der Waals surface area (Å²) in [7, 11) is 0. The molecular weight excluding hydrogens is 194 g/mol. The lowest BCUT2D eigenvalue weighted by atomic mass is 9.66. The zero-order valence-corrected chi connectivity index (χ0v) is 8.68. The maximum atomic E-state index is 4.57. The molecule has 0 saturated heterocycles. The SMILES string of the molecule is S=C=Nc1cc2n(n1)CCC21CCC1. The quantitative estimate of drug-likeness (QED) is 0.520. The van der Waals surface area contributed by atoms with E-state index in [-0.39, 0.29) is 0 Å². The van der Waals surface area contributed by atoms with Gasteiger partial charge in [0.05, 0.1) is 5.16 Å². The summed E-state index contributed by atoms with van der Waals surface area (Å²) < 4.78 is 2.09. The van der Waals surface area contributed by atoms with E-state index in [4.69, 9.17) is 0 Å². The van der Waals surface area contributed by atoms with Crippen molar-refractivity contribution < 1.29 is 0 Å². The van der Waals surface area contributed by atoms with Crippen LogP contribution < -0.4 is 0 Å². The van der Waals surface area contributed by atoms with Gasteiger partial charge in [0, 0.05) is 23.7 Å². The number of aliphatic imine (C=N–C) groups is 1. The molecule has 1 aromatic heterocycles. The Bertz CT molecular complexity index is 425. The lowest BCUT2D eigenvalue weighted by Gasteiger charge is -2.37. The minimum absolute atomic E-state index is 0.447. The second-order valence-electron chi connectivity index (χ2n) is 4.20. The van der Waals surface area contributed by atoms with Gasteiger partial charge in [0.15, 0.2) is 5.82 Å². The summed E-state index contributed by atoms with van der Waals surface area (Å²) in [6.07, 6.45) is 5.26. The number of rotatable bonds is 1. The van der Waals surface area contributed by atoms with Crippen LogP contribution in [0.1, 0.15) is 31.4 Å². The fourth-order valence-electron chi connectivity index (χ4n) is 2.66. The first-order valence-electron chi connectivity index (χ1n) is 5.00. The molecule has 0 unspecified atom stereocenters. The van der Waals surface area contributed by atoms with E-state index in [0.29, 0.717) is 5.41 Å². The van der Waals surface area contributed by atoms with Gasteiger partial charge in [0.2, 0.25) is 0 Å². The molecule has 4 heteroatoms.